The molecule has 1 aliphatic carbocycles. The molecule has 3 heterocycles. The zero-order valence-electron chi connectivity index (χ0n) is 22.7. The molecule has 0 unspecified atom stereocenters. The standard InChI is InChI=1S/C30H41N5.2ClH/c1-4-28-32-29-23(2)21-24(3)31-30(29)35(28)22-26-14-12-25(13-15-26)9-8-16-33-17-19-34(20-18-33)27-10-6-5-7-11-27;;/h8-9,12-15,21,27H,4-7,10-11,16-20,22H2,1-3H3;2*1H/b9-8+;;. The highest BCUT2D eigenvalue weighted by Crippen LogP contribution is 2.24. The van der Waals surface area contributed by atoms with Crippen molar-refractivity contribution in [2.24, 2.45) is 0 Å². The summed E-state index contributed by atoms with van der Waals surface area (Å²) in [6.07, 6.45) is 12.7. The molecular weight excluding hydrogens is 501 g/mol. The van der Waals surface area contributed by atoms with Gasteiger partial charge in [-0.3, -0.25) is 9.80 Å². The summed E-state index contributed by atoms with van der Waals surface area (Å²) in [5, 5.41) is 0. The number of pyridine rings is 1. The summed E-state index contributed by atoms with van der Waals surface area (Å²) in [4.78, 5) is 15.0. The van der Waals surface area contributed by atoms with Crippen molar-refractivity contribution in [2.45, 2.75) is 71.9 Å². The molecule has 3 aromatic rings. The number of aryl methyl sites for hydroxylation is 3. The van der Waals surface area contributed by atoms with Crippen LogP contribution < -0.4 is 0 Å². The molecule has 0 atom stereocenters. The molecule has 1 saturated heterocycles. The molecule has 0 N–H and O–H groups in total. The van der Waals surface area contributed by atoms with Gasteiger partial charge in [-0.15, -0.1) is 24.8 Å². The maximum atomic E-state index is 4.88. The summed E-state index contributed by atoms with van der Waals surface area (Å²) in [5.41, 5.74) is 6.85. The van der Waals surface area contributed by atoms with Crippen LogP contribution >= 0.6 is 24.8 Å². The molecule has 0 radical (unpaired) electrons. The van der Waals surface area contributed by atoms with Crippen molar-refractivity contribution in [2.75, 3.05) is 32.7 Å². The Kier molecular flexibility index (Phi) is 11.0. The van der Waals surface area contributed by atoms with E-state index in [1.165, 1.54) is 75.0 Å². The van der Waals surface area contributed by atoms with Crippen LogP contribution in [-0.2, 0) is 13.0 Å². The first-order chi connectivity index (χ1) is 17.1. The summed E-state index contributed by atoms with van der Waals surface area (Å²) in [6.45, 7) is 13.1. The number of imidazole rings is 1. The van der Waals surface area contributed by atoms with E-state index in [1.807, 2.05) is 0 Å². The SMILES string of the molecule is CCc1nc2c(C)cc(C)nc2n1Cc1ccc(/C=C/CN2CCN(C3CCCCC3)CC2)cc1.Cl.Cl. The van der Waals surface area contributed by atoms with Crippen LogP contribution in [0.2, 0.25) is 0 Å². The van der Waals surface area contributed by atoms with E-state index in [4.69, 9.17) is 9.97 Å². The van der Waals surface area contributed by atoms with Gasteiger partial charge in [0.25, 0.3) is 0 Å². The minimum atomic E-state index is 0. The second kappa shape index (κ2) is 13.7. The molecule has 0 bridgehead atoms. The number of aromatic nitrogens is 3. The van der Waals surface area contributed by atoms with Gasteiger partial charge in [-0.2, -0.15) is 0 Å². The predicted molar refractivity (Wildman–Crippen MR) is 160 cm³/mol. The number of benzene rings is 1. The van der Waals surface area contributed by atoms with Crippen LogP contribution in [0.25, 0.3) is 17.2 Å². The zero-order valence-corrected chi connectivity index (χ0v) is 24.3. The number of hydrogen-bond donors (Lipinski definition) is 0. The van der Waals surface area contributed by atoms with E-state index in [2.05, 4.69) is 77.6 Å². The molecule has 2 fully saturated rings. The molecular formula is C30H43Cl2N5. The van der Waals surface area contributed by atoms with E-state index in [0.29, 0.717) is 0 Å². The van der Waals surface area contributed by atoms with Crippen molar-refractivity contribution in [1.82, 2.24) is 24.3 Å². The summed E-state index contributed by atoms with van der Waals surface area (Å²) in [5.74, 6) is 1.11. The van der Waals surface area contributed by atoms with Crippen LogP contribution in [0.4, 0.5) is 0 Å². The molecule has 1 aromatic carbocycles. The fraction of sp³-hybridized carbons (Fsp3) is 0.533. The average Bonchev–Trinajstić information content (AvgIpc) is 3.23. The second-order valence-electron chi connectivity index (χ2n) is 10.5. The normalized spacial score (nSPS) is 17.7. The second-order valence-corrected chi connectivity index (χ2v) is 10.5. The molecule has 5 rings (SSSR count). The summed E-state index contributed by atoms with van der Waals surface area (Å²) in [7, 11) is 0. The maximum Gasteiger partial charge on any atom is 0.160 e. The smallest absolute Gasteiger partial charge is 0.160 e. The zero-order chi connectivity index (χ0) is 24.2. The van der Waals surface area contributed by atoms with Gasteiger partial charge < -0.3 is 4.57 Å². The van der Waals surface area contributed by atoms with E-state index in [-0.39, 0.29) is 24.8 Å². The molecule has 1 saturated carbocycles. The van der Waals surface area contributed by atoms with Crippen LogP contribution in [0, 0.1) is 13.8 Å². The van der Waals surface area contributed by atoms with Crippen molar-refractivity contribution < 1.29 is 0 Å². The minimum Gasteiger partial charge on any atom is -0.308 e. The first-order valence-electron chi connectivity index (χ1n) is 13.7. The van der Waals surface area contributed by atoms with E-state index in [1.54, 1.807) is 0 Å². The molecule has 0 spiro atoms. The number of piperazine rings is 1. The Labute approximate surface area is 235 Å². The molecule has 7 heteroatoms. The van der Waals surface area contributed by atoms with Crippen LogP contribution in [-0.4, -0.2) is 63.1 Å². The van der Waals surface area contributed by atoms with Crippen LogP contribution in [0.1, 0.15) is 67.2 Å². The summed E-state index contributed by atoms with van der Waals surface area (Å²) >= 11 is 0. The quantitative estimate of drug-likeness (QED) is 0.342. The molecule has 2 aliphatic rings. The Bertz CT molecular complexity index is 1160. The van der Waals surface area contributed by atoms with Gasteiger partial charge in [0.05, 0.1) is 6.54 Å². The van der Waals surface area contributed by atoms with Crippen LogP contribution in [0.3, 0.4) is 0 Å². The fourth-order valence-electron chi connectivity index (χ4n) is 5.90. The highest BCUT2D eigenvalue weighted by atomic mass is 35.5. The number of fused-ring (bicyclic) bond motifs is 1. The topological polar surface area (TPSA) is 37.2 Å². The highest BCUT2D eigenvalue weighted by Gasteiger charge is 2.24. The van der Waals surface area contributed by atoms with E-state index in [0.717, 1.165) is 48.2 Å². The van der Waals surface area contributed by atoms with Crippen molar-refractivity contribution in [3.05, 3.63) is 64.6 Å². The van der Waals surface area contributed by atoms with Gasteiger partial charge >= 0.3 is 0 Å². The van der Waals surface area contributed by atoms with Gasteiger partial charge in [-0.1, -0.05) is 62.6 Å². The maximum absolute atomic E-state index is 4.88. The summed E-state index contributed by atoms with van der Waals surface area (Å²) in [6, 6.07) is 11.9. The first kappa shape index (κ1) is 29.6. The predicted octanol–water partition coefficient (Wildman–Crippen LogP) is 6.47. The number of halogens is 2. The van der Waals surface area contributed by atoms with Gasteiger partial charge in [0.15, 0.2) is 5.65 Å². The number of rotatable bonds is 7. The third-order valence-electron chi connectivity index (χ3n) is 7.91. The minimum absolute atomic E-state index is 0. The third-order valence-corrected chi connectivity index (χ3v) is 7.91. The largest absolute Gasteiger partial charge is 0.308 e. The van der Waals surface area contributed by atoms with Crippen molar-refractivity contribution >= 4 is 42.1 Å². The molecule has 1 aliphatic heterocycles. The lowest BCUT2D eigenvalue weighted by atomic mass is 9.94. The van der Waals surface area contributed by atoms with Gasteiger partial charge in [0, 0.05) is 50.9 Å². The van der Waals surface area contributed by atoms with E-state index < -0.39 is 0 Å². The molecule has 202 valence electrons. The Balaban J connectivity index is 0.00000190. The van der Waals surface area contributed by atoms with Gasteiger partial charge in [0.1, 0.15) is 11.3 Å². The fourth-order valence-corrected chi connectivity index (χ4v) is 5.90. The number of hydrogen-bond acceptors (Lipinski definition) is 4. The Hall–Kier alpha value is -1.92. The Morgan fingerprint density at radius 2 is 1.62 bits per heavy atom. The lowest BCUT2D eigenvalue weighted by Crippen LogP contribution is -2.50. The van der Waals surface area contributed by atoms with Gasteiger partial charge in [-0.25, -0.2) is 9.97 Å². The van der Waals surface area contributed by atoms with Gasteiger partial charge in [-0.05, 0) is 49.4 Å². The monoisotopic (exact) mass is 543 g/mol. The highest BCUT2D eigenvalue weighted by molar-refractivity contribution is 5.85. The first-order valence-corrected chi connectivity index (χ1v) is 13.7. The van der Waals surface area contributed by atoms with Crippen LogP contribution in [0.15, 0.2) is 36.4 Å². The Morgan fingerprint density at radius 3 is 2.30 bits per heavy atom. The van der Waals surface area contributed by atoms with Crippen molar-refractivity contribution in [1.29, 1.82) is 0 Å². The summed E-state index contributed by atoms with van der Waals surface area (Å²) < 4.78 is 2.28. The Morgan fingerprint density at radius 1 is 0.919 bits per heavy atom. The molecule has 37 heavy (non-hydrogen) atoms. The molecule has 0 amide bonds. The van der Waals surface area contributed by atoms with Gasteiger partial charge in [0.2, 0.25) is 0 Å². The lowest BCUT2D eigenvalue weighted by molar-refractivity contribution is 0.0847. The molecule has 2 aromatic heterocycles. The van der Waals surface area contributed by atoms with Crippen LogP contribution in [0.5, 0.6) is 0 Å². The number of nitrogens with zero attached hydrogens (tertiary/aromatic N) is 5. The average molecular weight is 545 g/mol. The van der Waals surface area contributed by atoms with Crippen molar-refractivity contribution in [3.8, 4) is 0 Å². The van der Waals surface area contributed by atoms with Crippen molar-refractivity contribution in [3.63, 3.8) is 0 Å². The molecule has 5 nitrogen and oxygen atoms in total. The lowest BCUT2D eigenvalue weighted by Gasteiger charge is -2.40. The third kappa shape index (κ3) is 7.14. The van der Waals surface area contributed by atoms with E-state index >= 15 is 0 Å². The van der Waals surface area contributed by atoms with E-state index in [9.17, 15) is 0 Å².